The van der Waals surface area contributed by atoms with Crippen LogP contribution >= 0.6 is 12.4 Å². The predicted molar refractivity (Wildman–Crippen MR) is 119 cm³/mol. The third-order valence-corrected chi connectivity index (χ3v) is 4.99. The number of carbonyl (C=O) groups excluding carboxylic acids is 2. The molecule has 30 heavy (non-hydrogen) atoms. The first-order valence-corrected chi connectivity index (χ1v) is 9.68. The van der Waals surface area contributed by atoms with Crippen molar-refractivity contribution in [2.75, 3.05) is 13.1 Å². The van der Waals surface area contributed by atoms with E-state index in [9.17, 15) is 9.59 Å². The van der Waals surface area contributed by atoms with Crippen LogP contribution in [0, 0.1) is 6.92 Å². The fourth-order valence-corrected chi connectivity index (χ4v) is 3.40. The number of benzene rings is 1. The molecule has 2 aromatic rings. The smallest absolute Gasteiger partial charge is 0.267 e. The molecule has 1 fully saturated rings. The van der Waals surface area contributed by atoms with E-state index < -0.39 is 5.91 Å². The van der Waals surface area contributed by atoms with Gasteiger partial charge in [0.15, 0.2) is 0 Å². The Bertz CT molecular complexity index is 926. The van der Waals surface area contributed by atoms with Crippen molar-refractivity contribution in [1.29, 1.82) is 0 Å². The molecule has 7 heteroatoms. The van der Waals surface area contributed by atoms with Crippen molar-refractivity contribution in [3.8, 4) is 0 Å². The third-order valence-electron chi connectivity index (χ3n) is 4.99. The molecule has 2 heterocycles. The molecule has 6 nitrogen and oxygen atoms in total. The standard InChI is InChI=1S/C23H25N3O3.ClH/c1-17-7-9-18(10-8-17)19-4-3-15-26(16-19)23(28)14-12-21-6-2-5-20(24-21)11-13-22(27)25-29;/h2,5-14,19,29H,3-4,15-16H2,1H3,(H,25,27);1H. The number of hydroxylamine groups is 1. The summed E-state index contributed by atoms with van der Waals surface area (Å²) in [7, 11) is 0. The van der Waals surface area contributed by atoms with Crippen LogP contribution in [0.2, 0.25) is 0 Å². The lowest BCUT2D eigenvalue weighted by atomic mass is 9.90. The highest BCUT2D eigenvalue weighted by Crippen LogP contribution is 2.27. The minimum atomic E-state index is -0.629. The normalized spacial score (nSPS) is 16.5. The largest absolute Gasteiger partial charge is 0.339 e. The summed E-state index contributed by atoms with van der Waals surface area (Å²) in [5.41, 5.74) is 5.23. The number of aromatic nitrogens is 1. The van der Waals surface area contributed by atoms with Crippen molar-refractivity contribution in [3.63, 3.8) is 0 Å². The van der Waals surface area contributed by atoms with Gasteiger partial charge in [-0.2, -0.15) is 0 Å². The number of hydrogen-bond donors (Lipinski definition) is 2. The molecule has 1 aliphatic rings. The number of rotatable bonds is 5. The molecule has 2 N–H and O–H groups in total. The molecule has 2 amide bonds. The van der Waals surface area contributed by atoms with Crippen LogP contribution in [0.1, 0.15) is 41.3 Å². The van der Waals surface area contributed by atoms with Gasteiger partial charge in [0.2, 0.25) is 5.91 Å². The van der Waals surface area contributed by atoms with Gasteiger partial charge in [-0.25, -0.2) is 10.5 Å². The molecular formula is C23H26ClN3O3. The van der Waals surface area contributed by atoms with Crippen LogP contribution < -0.4 is 5.48 Å². The Hall–Kier alpha value is -2.96. The molecule has 1 aromatic heterocycles. The van der Waals surface area contributed by atoms with Gasteiger partial charge < -0.3 is 4.90 Å². The van der Waals surface area contributed by atoms with Gasteiger partial charge in [-0.05, 0) is 49.6 Å². The van der Waals surface area contributed by atoms with Gasteiger partial charge in [-0.1, -0.05) is 35.9 Å². The summed E-state index contributed by atoms with van der Waals surface area (Å²) in [6, 6.07) is 13.9. The second-order valence-corrected chi connectivity index (χ2v) is 7.16. The second kappa shape index (κ2) is 11.3. The molecular weight excluding hydrogens is 402 g/mol. The van der Waals surface area contributed by atoms with Gasteiger partial charge in [-0.3, -0.25) is 14.8 Å². The number of amides is 2. The van der Waals surface area contributed by atoms with Crippen molar-refractivity contribution < 1.29 is 14.8 Å². The van der Waals surface area contributed by atoms with E-state index in [0.29, 0.717) is 17.3 Å². The highest BCUT2D eigenvalue weighted by atomic mass is 35.5. The summed E-state index contributed by atoms with van der Waals surface area (Å²) in [5.74, 6) is -0.286. The van der Waals surface area contributed by atoms with E-state index in [1.165, 1.54) is 28.8 Å². The van der Waals surface area contributed by atoms with Crippen LogP contribution in [0.25, 0.3) is 12.2 Å². The average Bonchev–Trinajstić information content (AvgIpc) is 2.76. The van der Waals surface area contributed by atoms with Crippen LogP contribution in [0.15, 0.2) is 54.6 Å². The molecule has 0 spiro atoms. The molecule has 1 saturated heterocycles. The Kier molecular flexibility index (Phi) is 8.77. The van der Waals surface area contributed by atoms with Crippen molar-refractivity contribution in [2.24, 2.45) is 0 Å². The number of pyridine rings is 1. The Labute approximate surface area is 182 Å². The summed E-state index contributed by atoms with van der Waals surface area (Å²) >= 11 is 0. The first kappa shape index (κ1) is 23.3. The highest BCUT2D eigenvalue weighted by Gasteiger charge is 2.23. The van der Waals surface area contributed by atoms with Crippen molar-refractivity contribution in [2.45, 2.75) is 25.7 Å². The summed E-state index contributed by atoms with van der Waals surface area (Å²) in [5, 5.41) is 8.52. The number of halogens is 1. The lowest BCUT2D eigenvalue weighted by Crippen LogP contribution is -2.38. The zero-order chi connectivity index (χ0) is 20.6. The minimum absolute atomic E-state index is 0. The average molecular weight is 428 g/mol. The molecule has 1 unspecified atom stereocenters. The Morgan fingerprint density at radius 1 is 1.10 bits per heavy atom. The van der Waals surface area contributed by atoms with Crippen LogP contribution in [-0.4, -0.2) is 40.0 Å². The fraction of sp³-hybridized carbons (Fsp3) is 0.261. The minimum Gasteiger partial charge on any atom is -0.339 e. The molecule has 3 rings (SSSR count). The highest BCUT2D eigenvalue weighted by molar-refractivity contribution is 5.92. The molecule has 0 radical (unpaired) electrons. The summed E-state index contributed by atoms with van der Waals surface area (Å²) in [6.07, 6.45) is 7.98. The number of carbonyl (C=O) groups is 2. The van der Waals surface area contributed by atoms with E-state index in [0.717, 1.165) is 25.9 Å². The Morgan fingerprint density at radius 2 is 1.77 bits per heavy atom. The maximum Gasteiger partial charge on any atom is 0.267 e. The van der Waals surface area contributed by atoms with Gasteiger partial charge in [0.25, 0.3) is 5.91 Å². The molecule has 1 aliphatic heterocycles. The van der Waals surface area contributed by atoms with Gasteiger partial charge in [0, 0.05) is 31.2 Å². The Balaban J connectivity index is 0.00000320. The first-order chi connectivity index (χ1) is 14.0. The second-order valence-electron chi connectivity index (χ2n) is 7.16. The maximum atomic E-state index is 12.7. The van der Waals surface area contributed by atoms with E-state index >= 15 is 0 Å². The van der Waals surface area contributed by atoms with Crippen molar-refractivity contribution in [3.05, 3.63) is 77.1 Å². The van der Waals surface area contributed by atoms with Gasteiger partial charge in [0.05, 0.1) is 11.4 Å². The zero-order valence-corrected chi connectivity index (χ0v) is 17.6. The molecule has 0 aliphatic carbocycles. The van der Waals surface area contributed by atoms with Crippen LogP contribution in [0.3, 0.4) is 0 Å². The number of nitrogens with zero attached hydrogens (tertiary/aromatic N) is 2. The maximum absolute atomic E-state index is 12.7. The van der Waals surface area contributed by atoms with E-state index in [-0.39, 0.29) is 18.3 Å². The molecule has 158 valence electrons. The zero-order valence-electron chi connectivity index (χ0n) is 16.8. The van der Waals surface area contributed by atoms with Crippen LogP contribution in [0.5, 0.6) is 0 Å². The lowest BCUT2D eigenvalue weighted by molar-refractivity contribution is -0.127. The van der Waals surface area contributed by atoms with E-state index in [4.69, 9.17) is 5.21 Å². The van der Waals surface area contributed by atoms with Crippen LogP contribution in [0.4, 0.5) is 0 Å². The molecule has 1 atom stereocenters. The predicted octanol–water partition coefficient (Wildman–Crippen LogP) is 3.75. The molecule has 0 saturated carbocycles. The SMILES string of the molecule is Cc1ccc(C2CCCN(C(=O)C=Cc3cccc(C=CC(=O)NO)n3)C2)cc1.Cl. The van der Waals surface area contributed by atoms with Gasteiger partial charge in [-0.15, -0.1) is 12.4 Å². The number of hydrogen-bond acceptors (Lipinski definition) is 4. The first-order valence-electron chi connectivity index (χ1n) is 9.68. The molecule has 0 bridgehead atoms. The number of nitrogens with one attached hydrogen (secondary N) is 1. The van der Waals surface area contributed by atoms with E-state index in [1.807, 2.05) is 4.90 Å². The summed E-state index contributed by atoms with van der Waals surface area (Å²) in [4.78, 5) is 30.0. The Morgan fingerprint density at radius 3 is 2.43 bits per heavy atom. The topological polar surface area (TPSA) is 82.5 Å². The summed E-state index contributed by atoms with van der Waals surface area (Å²) < 4.78 is 0. The monoisotopic (exact) mass is 427 g/mol. The van der Waals surface area contributed by atoms with Gasteiger partial charge >= 0.3 is 0 Å². The fourth-order valence-electron chi connectivity index (χ4n) is 3.40. The number of likely N-dealkylation sites (tertiary alicyclic amines) is 1. The quantitative estimate of drug-likeness (QED) is 0.432. The van der Waals surface area contributed by atoms with Crippen molar-refractivity contribution >= 4 is 36.4 Å². The van der Waals surface area contributed by atoms with E-state index in [2.05, 4.69) is 36.2 Å². The number of piperidine rings is 1. The summed E-state index contributed by atoms with van der Waals surface area (Å²) in [6.45, 7) is 3.56. The third kappa shape index (κ3) is 6.54. The van der Waals surface area contributed by atoms with Crippen LogP contribution in [-0.2, 0) is 9.59 Å². The lowest BCUT2D eigenvalue weighted by Gasteiger charge is -2.32. The molecule has 1 aromatic carbocycles. The van der Waals surface area contributed by atoms with E-state index in [1.54, 1.807) is 30.4 Å². The van der Waals surface area contributed by atoms with Gasteiger partial charge in [0.1, 0.15) is 0 Å². The van der Waals surface area contributed by atoms with Crippen molar-refractivity contribution in [1.82, 2.24) is 15.4 Å². The number of aryl methyl sites for hydroxylation is 1.